The van der Waals surface area contributed by atoms with Gasteiger partial charge in [-0.2, -0.15) is 5.10 Å². The highest BCUT2D eigenvalue weighted by Gasteiger charge is 2.20. The standard InChI is InChI=1S/C15H21N5/c1-2-8-20-15(17-11-18-20)10-19-9-4-5-12-13(16)6-3-7-14(12)19/h3,6-7,11H,2,4-5,8-10,16H2,1H3. The molecule has 2 aromatic rings. The quantitative estimate of drug-likeness (QED) is 0.866. The van der Waals surface area contributed by atoms with Gasteiger partial charge in [0.05, 0.1) is 6.54 Å². The zero-order chi connectivity index (χ0) is 13.9. The largest absolute Gasteiger partial charge is 0.398 e. The first-order valence-electron chi connectivity index (χ1n) is 7.28. The van der Waals surface area contributed by atoms with E-state index in [1.54, 1.807) is 6.33 Å². The van der Waals surface area contributed by atoms with E-state index in [0.717, 1.165) is 50.4 Å². The first-order valence-corrected chi connectivity index (χ1v) is 7.28. The highest BCUT2D eigenvalue weighted by atomic mass is 15.3. The molecule has 3 rings (SSSR count). The van der Waals surface area contributed by atoms with Gasteiger partial charge in [0.1, 0.15) is 12.2 Å². The zero-order valence-corrected chi connectivity index (χ0v) is 11.9. The molecule has 1 aliphatic rings. The third kappa shape index (κ3) is 2.35. The second-order valence-electron chi connectivity index (χ2n) is 5.27. The molecule has 0 saturated heterocycles. The maximum atomic E-state index is 6.09. The van der Waals surface area contributed by atoms with Gasteiger partial charge in [-0.3, -0.25) is 0 Å². The minimum Gasteiger partial charge on any atom is -0.398 e. The van der Waals surface area contributed by atoms with Crippen LogP contribution in [-0.2, 0) is 19.5 Å². The molecule has 0 spiro atoms. The van der Waals surface area contributed by atoms with Crippen LogP contribution in [0.5, 0.6) is 0 Å². The Kier molecular flexibility index (Phi) is 3.58. The van der Waals surface area contributed by atoms with Gasteiger partial charge in [-0.1, -0.05) is 13.0 Å². The van der Waals surface area contributed by atoms with Crippen molar-refractivity contribution in [3.05, 3.63) is 35.9 Å². The summed E-state index contributed by atoms with van der Waals surface area (Å²) in [6.07, 6.45) is 4.93. The lowest BCUT2D eigenvalue weighted by Gasteiger charge is -2.31. The molecular weight excluding hydrogens is 250 g/mol. The number of rotatable bonds is 4. The van der Waals surface area contributed by atoms with E-state index in [-0.39, 0.29) is 0 Å². The summed E-state index contributed by atoms with van der Waals surface area (Å²) in [5.41, 5.74) is 9.53. The molecule has 0 atom stereocenters. The summed E-state index contributed by atoms with van der Waals surface area (Å²) >= 11 is 0. The lowest BCUT2D eigenvalue weighted by atomic mass is 10.00. The minimum absolute atomic E-state index is 0.802. The van der Waals surface area contributed by atoms with E-state index in [9.17, 15) is 0 Å². The molecular formula is C15H21N5. The highest BCUT2D eigenvalue weighted by molar-refractivity contribution is 5.66. The first kappa shape index (κ1) is 13.0. The predicted molar refractivity (Wildman–Crippen MR) is 80.5 cm³/mol. The van der Waals surface area contributed by atoms with E-state index < -0.39 is 0 Å². The normalized spacial score (nSPS) is 14.3. The summed E-state index contributed by atoms with van der Waals surface area (Å²) < 4.78 is 2.00. The molecule has 0 amide bonds. The number of hydrogen-bond donors (Lipinski definition) is 1. The maximum absolute atomic E-state index is 6.09. The highest BCUT2D eigenvalue weighted by Crippen LogP contribution is 2.31. The van der Waals surface area contributed by atoms with Gasteiger partial charge in [0.25, 0.3) is 0 Å². The summed E-state index contributed by atoms with van der Waals surface area (Å²) in [5.74, 6) is 1.03. The maximum Gasteiger partial charge on any atom is 0.146 e. The van der Waals surface area contributed by atoms with Crippen molar-refractivity contribution in [1.29, 1.82) is 0 Å². The topological polar surface area (TPSA) is 60.0 Å². The van der Waals surface area contributed by atoms with Crippen LogP contribution in [0.15, 0.2) is 24.5 Å². The van der Waals surface area contributed by atoms with Gasteiger partial charge < -0.3 is 10.6 Å². The fourth-order valence-electron chi connectivity index (χ4n) is 2.87. The molecule has 0 fully saturated rings. The van der Waals surface area contributed by atoms with Crippen molar-refractivity contribution >= 4 is 11.4 Å². The molecule has 2 N–H and O–H groups in total. The molecule has 1 aromatic heterocycles. The van der Waals surface area contributed by atoms with E-state index >= 15 is 0 Å². The SMILES string of the molecule is CCCn1ncnc1CN1CCCc2c(N)cccc21. The summed E-state index contributed by atoms with van der Waals surface area (Å²) in [4.78, 5) is 6.77. The molecule has 0 unspecified atom stereocenters. The lowest BCUT2D eigenvalue weighted by Crippen LogP contribution is -2.30. The van der Waals surface area contributed by atoms with Gasteiger partial charge in [0.2, 0.25) is 0 Å². The van der Waals surface area contributed by atoms with Crippen molar-refractivity contribution < 1.29 is 0 Å². The van der Waals surface area contributed by atoms with Crippen molar-refractivity contribution in [2.24, 2.45) is 0 Å². The monoisotopic (exact) mass is 271 g/mol. The van der Waals surface area contributed by atoms with Crippen molar-refractivity contribution in [2.45, 2.75) is 39.3 Å². The smallest absolute Gasteiger partial charge is 0.146 e. The third-order valence-corrected chi connectivity index (χ3v) is 3.85. The number of nitrogens with two attached hydrogens (primary N) is 1. The molecule has 1 aromatic carbocycles. The van der Waals surface area contributed by atoms with E-state index in [1.165, 1.54) is 11.3 Å². The second kappa shape index (κ2) is 5.53. The van der Waals surface area contributed by atoms with Crippen molar-refractivity contribution in [3.63, 3.8) is 0 Å². The molecule has 20 heavy (non-hydrogen) atoms. The minimum atomic E-state index is 0.802. The predicted octanol–water partition coefficient (Wildman–Crippen LogP) is 2.22. The number of nitrogens with zero attached hydrogens (tertiary/aromatic N) is 4. The van der Waals surface area contributed by atoms with Crippen LogP contribution < -0.4 is 10.6 Å². The summed E-state index contributed by atoms with van der Waals surface area (Å²) in [5, 5.41) is 4.30. The van der Waals surface area contributed by atoms with E-state index in [4.69, 9.17) is 5.73 Å². The Hall–Kier alpha value is -2.04. The van der Waals surface area contributed by atoms with Gasteiger partial charge >= 0.3 is 0 Å². The van der Waals surface area contributed by atoms with Crippen LogP contribution in [0.1, 0.15) is 31.2 Å². The van der Waals surface area contributed by atoms with Gasteiger partial charge in [-0.25, -0.2) is 9.67 Å². The number of anilines is 2. The summed E-state index contributed by atoms with van der Waals surface area (Å²) in [7, 11) is 0. The van der Waals surface area contributed by atoms with Gasteiger partial charge in [0, 0.05) is 24.5 Å². The van der Waals surface area contributed by atoms with Crippen LogP contribution in [0.3, 0.4) is 0 Å². The summed E-state index contributed by atoms with van der Waals surface area (Å²) in [6.45, 7) is 4.93. The van der Waals surface area contributed by atoms with Crippen LogP contribution in [-0.4, -0.2) is 21.3 Å². The number of benzene rings is 1. The molecule has 5 heteroatoms. The fourth-order valence-corrected chi connectivity index (χ4v) is 2.87. The Labute approximate surface area is 119 Å². The van der Waals surface area contributed by atoms with E-state index in [2.05, 4.69) is 28.0 Å². The molecule has 106 valence electrons. The van der Waals surface area contributed by atoms with Crippen molar-refractivity contribution in [2.75, 3.05) is 17.2 Å². The van der Waals surface area contributed by atoms with Crippen LogP contribution in [0.2, 0.25) is 0 Å². The average Bonchev–Trinajstić information content (AvgIpc) is 2.88. The van der Waals surface area contributed by atoms with Gasteiger partial charge in [-0.05, 0) is 37.0 Å². The van der Waals surface area contributed by atoms with E-state index in [1.807, 2.05) is 16.8 Å². The Bertz CT molecular complexity index is 590. The van der Waals surface area contributed by atoms with Crippen LogP contribution >= 0.6 is 0 Å². The molecule has 0 bridgehead atoms. The molecule has 0 saturated carbocycles. The second-order valence-corrected chi connectivity index (χ2v) is 5.27. The Morgan fingerprint density at radius 1 is 1.35 bits per heavy atom. The van der Waals surface area contributed by atoms with Crippen molar-refractivity contribution in [3.8, 4) is 0 Å². The van der Waals surface area contributed by atoms with Crippen LogP contribution in [0.4, 0.5) is 11.4 Å². The molecule has 1 aliphatic heterocycles. The zero-order valence-electron chi connectivity index (χ0n) is 11.9. The number of aryl methyl sites for hydroxylation is 1. The number of fused-ring (bicyclic) bond motifs is 1. The van der Waals surface area contributed by atoms with Gasteiger partial charge in [0.15, 0.2) is 0 Å². The number of aromatic nitrogens is 3. The van der Waals surface area contributed by atoms with Crippen LogP contribution in [0, 0.1) is 0 Å². The first-order chi connectivity index (χ1) is 9.79. The summed E-state index contributed by atoms with van der Waals surface area (Å²) in [6, 6.07) is 6.18. The number of hydrogen-bond acceptors (Lipinski definition) is 4. The van der Waals surface area contributed by atoms with Crippen molar-refractivity contribution in [1.82, 2.24) is 14.8 Å². The Balaban J connectivity index is 1.86. The molecule has 5 nitrogen and oxygen atoms in total. The molecule has 0 aliphatic carbocycles. The van der Waals surface area contributed by atoms with Gasteiger partial charge in [-0.15, -0.1) is 0 Å². The number of nitrogen functional groups attached to an aromatic ring is 1. The van der Waals surface area contributed by atoms with E-state index in [0.29, 0.717) is 0 Å². The lowest BCUT2D eigenvalue weighted by molar-refractivity contribution is 0.555. The van der Waals surface area contributed by atoms with Crippen LogP contribution in [0.25, 0.3) is 0 Å². The average molecular weight is 271 g/mol. The Morgan fingerprint density at radius 2 is 2.25 bits per heavy atom. The Morgan fingerprint density at radius 3 is 3.10 bits per heavy atom. The fraction of sp³-hybridized carbons (Fsp3) is 0.467. The molecule has 2 heterocycles. The molecule has 0 radical (unpaired) electrons. The third-order valence-electron chi connectivity index (χ3n) is 3.85.